The zero-order valence-corrected chi connectivity index (χ0v) is 14.6. The van der Waals surface area contributed by atoms with Gasteiger partial charge in [-0.05, 0) is 92.3 Å². The predicted octanol–water partition coefficient (Wildman–Crippen LogP) is 4.09. The van der Waals surface area contributed by atoms with Gasteiger partial charge in [0.2, 0.25) is 0 Å². The first-order valence-electron chi connectivity index (χ1n) is 9.77. The van der Waals surface area contributed by atoms with Crippen LogP contribution in [0.1, 0.15) is 71.6 Å². The van der Waals surface area contributed by atoms with Gasteiger partial charge in [0.05, 0.1) is 12.0 Å². The van der Waals surface area contributed by atoms with Crippen molar-refractivity contribution in [3.05, 3.63) is 0 Å². The molecule has 0 aliphatic heterocycles. The molecule has 4 saturated carbocycles. The number of aliphatic hydroxyl groups excluding tert-OH is 1. The maximum Gasteiger partial charge on any atom is 0.307 e. The highest BCUT2D eigenvalue weighted by Crippen LogP contribution is 2.67. The molecular formula is C20H32O3. The van der Waals surface area contributed by atoms with E-state index in [1.54, 1.807) is 0 Å². The summed E-state index contributed by atoms with van der Waals surface area (Å²) in [6.07, 6.45) is 9.90. The number of carboxylic acids is 1. The maximum absolute atomic E-state index is 11.7. The number of aliphatic carboxylic acids is 1. The lowest BCUT2D eigenvalue weighted by Gasteiger charge is -2.60. The van der Waals surface area contributed by atoms with Gasteiger partial charge >= 0.3 is 5.97 Å². The van der Waals surface area contributed by atoms with Gasteiger partial charge in [-0.2, -0.15) is 0 Å². The van der Waals surface area contributed by atoms with Gasteiger partial charge < -0.3 is 10.2 Å². The second kappa shape index (κ2) is 5.21. The summed E-state index contributed by atoms with van der Waals surface area (Å²) in [6.45, 7) is 4.77. The van der Waals surface area contributed by atoms with Crippen molar-refractivity contribution in [2.75, 3.05) is 0 Å². The zero-order chi connectivity index (χ0) is 16.4. The van der Waals surface area contributed by atoms with Gasteiger partial charge in [0.1, 0.15) is 0 Å². The molecular weight excluding hydrogens is 288 g/mol. The highest BCUT2D eigenvalue weighted by Gasteiger charge is 2.61. The fourth-order valence-electron chi connectivity index (χ4n) is 7.64. The van der Waals surface area contributed by atoms with Crippen molar-refractivity contribution in [1.29, 1.82) is 0 Å². The Kier molecular flexibility index (Phi) is 3.61. The van der Waals surface area contributed by atoms with Crippen LogP contribution in [0.5, 0.6) is 0 Å². The van der Waals surface area contributed by atoms with E-state index in [0.29, 0.717) is 17.3 Å². The topological polar surface area (TPSA) is 57.5 Å². The molecule has 0 spiro atoms. The smallest absolute Gasteiger partial charge is 0.307 e. The van der Waals surface area contributed by atoms with Crippen LogP contribution in [0.2, 0.25) is 0 Å². The molecule has 3 heteroatoms. The molecule has 0 heterocycles. The normalized spacial score (nSPS) is 55.6. The SMILES string of the molecule is C[C@@]12CC[C@H]3[C@@H](CC[C@H]4C[C@@H](O)CC[C@]43C)[C@H]1CC[C@@H]2C(=O)O. The molecule has 2 N–H and O–H groups in total. The van der Waals surface area contributed by atoms with Crippen molar-refractivity contribution in [2.45, 2.75) is 77.7 Å². The Morgan fingerprint density at radius 2 is 1.61 bits per heavy atom. The van der Waals surface area contributed by atoms with Gasteiger partial charge in [-0.25, -0.2) is 0 Å². The summed E-state index contributed by atoms with van der Waals surface area (Å²) in [5.41, 5.74) is 0.426. The third kappa shape index (κ3) is 2.14. The monoisotopic (exact) mass is 320 g/mol. The van der Waals surface area contributed by atoms with Crippen molar-refractivity contribution in [2.24, 2.45) is 40.4 Å². The number of rotatable bonds is 1. The first-order chi connectivity index (χ1) is 10.9. The minimum atomic E-state index is -0.561. The van der Waals surface area contributed by atoms with Gasteiger partial charge in [-0.3, -0.25) is 4.79 Å². The number of carbonyl (C=O) groups is 1. The summed E-state index contributed by atoms with van der Waals surface area (Å²) in [4.78, 5) is 11.7. The van der Waals surface area contributed by atoms with E-state index in [1.807, 2.05) is 0 Å². The Bertz CT molecular complexity index is 503. The van der Waals surface area contributed by atoms with E-state index >= 15 is 0 Å². The highest BCUT2D eigenvalue weighted by molar-refractivity contribution is 5.71. The van der Waals surface area contributed by atoms with Crippen LogP contribution < -0.4 is 0 Å². The Balaban J connectivity index is 1.61. The van der Waals surface area contributed by atoms with Crippen molar-refractivity contribution in [1.82, 2.24) is 0 Å². The van der Waals surface area contributed by atoms with Crippen molar-refractivity contribution in [3.63, 3.8) is 0 Å². The van der Waals surface area contributed by atoms with Gasteiger partial charge in [-0.1, -0.05) is 13.8 Å². The molecule has 4 aliphatic carbocycles. The maximum atomic E-state index is 11.7. The minimum absolute atomic E-state index is 0.0321. The van der Waals surface area contributed by atoms with Crippen molar-refractivity contribution >= 4 is 5.97 Å². The van der Waals surface area contributed by atoms with E-state index in [-0.39, 0.29) is 17.4 Å². The molecule has 4 fully saturated rings. The van der Waals surface area contributed by atoms with E-state index in [9.17, 15) is 15.0 Å². The van der Waals surface area contributed by atoms with E-state index in [4.69, 9.17) is 0 Å². The van der Waals surface area contributed by atoms with Crippen LogP contribution in [0.25, 0.3) is 0 Å². The molecule has 0 unspecified atom stereocenters. The molecule has 0 radical (unpaired) electrons. The fraction of sp³-hybridized carbons (Fsp3) is 0.950. The van der Waals surface area contributed by atoms with E-state index < -0.39 is 5.97 Å². The first-order valence-corrected chi connectivity index (χ1v) is 9.77. The summed E-state index contributed by atoms with van der Waals surface area (Å²) < 4.78 is 0. The minimum Gasteiger partial charge on any atom is -0.481 e. The summed E-state index contributed by atoms with van der Waals surface area (Å²) in [5.74, 6) is 2.12. The summed E-state index contributed by atoms with van der Waals surface area (Å²) in [5, 5.41) is 19.7. The largest absolute Gasteiger partial charge is 0.481 e. The van der Waals surface area contributed by atoms with E-state index in [2.05, 4.69) is 13.8 Å². The number of hydrogen-bond acceptors (Lipinski definition) is 2. The average Bonchev–Trinajstić information content (AvgIpc) is 2.85. The van der Waals surface area contributed by atoms with Crippen molar-refractivity contribution < 1.29 is 15.0 Å². The molecule has 0 bridgehead atoms. The second-order valence-corrected chi connectivity index (χ2v) is 9.60. The first kappa shape index (κ1) is 15.9. The quantitative estimate of drug-likeness (QED) is 0.765. The van der Waals surface area contributed by atoms with Crippen LogP contribution >= 0.6 is 0 Å². The van der Waals surface area contributed by atoms with Crippen LogP contribution in [0.3, 0.4) is 0 Å². The lowest BCUT2D eigenvalue weighted by molar-refractivity contribution is -0.154. The Hall–Kier alpha value is -0.570. The zero-order valence-electron chi connectivity index (χ0n) is 14.6. The van der Waals surface area contributed by atoms with Crippen molar-refractivity contribution in [3.8, 4) is 0 Å². The summed E-state index contributed by atoms with van der Waals surface area (Å²) in [7, 11) is 0. The molecule has 3 nitrogen and oxygen atoms in total. The number of fused-ring (bicyclic) bond motifs is 5. The van der Waals surface area contributed by atoms with E-state index in [1.165, 1.54) is 25.7 Å². The predicted molar refractivity (Wildman–Crippen MR) is 88.9 cm³/mol. The highest BCUT2D eigenvalue weighted by atomic mass is 16.4. The van der Waals surface area contributed by atoms with Crippen LogP contribution in [0, 0.1) is 40.4 Å². The standard InChI is InChI=1S/C20H32O3/c1-19-9-7-13(21)11-12(19)3-4-14-15-5-6-17(18(22)23)20(15,2)10-8-16(14)19/h12-17,21H,3-11H2,1-2H3,(H,22,23)/t12-,13-,14-,15+,16-,17+,19+,20+/m0/s1. The van der Waals surface area contributed by atoms with Crippen LogP contribution in [-0.2, 0) is 4.79 Å². The van der Waals surface area contributed by atoms with E-state index in [0.717, 1.165) is 43.9 Å². The van der Waals surface area contributed by atoms with Crippen LogP contribution in [0.4, 0.5) is 0 Å². The van der Waals surface area contributed by atoms with Crippen LogP contribution in [-0.4, -0.2) is 22.3 Å². The van der Waals surface area contributed by atoms with Gasteiger partial charge in [0.15, 0.2) is 0 Å². The molecule has 4 rings (SSSR count). The molecule has 4 aliphatic rings. The Morgan fingerprint density at radius 3 is 2.35 bits per heavy atom. The molecule has 0 saturated heterocycles. The number of aliphatic hydroxyl groups is 1. The third-order valence-electron chi connectivity index (χ3n) is 8.94. The Labute approximate surface area is 139 Å². The second-order valence-electron chi connectivity index (χ2n) is 9.60. The molecule has 0 aromatic heterocycles. The summed E-state index contributed by atoms with van der Waals surface area (Å²) in [6, 6.07) is 0. The fourth-order valence-corrected chi connectivity index (χ4v) is 7.64. The van der Waals surface area contributed by atoms with Gasteiger partial charge in [-0.15, -0.1) is 0 Å². The third-order valence-corrected chi connectivity index (χ3v) is 8.94. The number of hydrogen-bond donors (Lipinski definition) is 2. The van der Waals surface area contributed by atoms with Crippen LogP contribution in [0.15, 0.2) is 0 Å². The summed E-state index contributed by atoms with van der Waals surface area (Å²) >= 11 is 0. The molecule has 130 valence electrons. The lowest BCUT2D eigenvalue weighted by atomic mass is 9.44. The molecule has 0 aromatic carbocycles. The molecule has 23 heavy (non-hydrogen) atoms. The molecule has 8 atom stereocenters. The lowest BCUT2D eigenvalue weighted by Crippen LogP contribution is -2.54. The average molecular weight is 320 g/mol. The van der Waals surface area contributed by atoms with Gasteiger partial charge in [0.25, 0.3) is 0 Å². The number of carboxylic acid groups (broad SMARTS) is 1. The molecule has 0 amide bonds. The van der Waals surface area contributed by atoms with Gasteiger partial charge in [0, 0.05) is 0 Å². The Morgan fingerprint density at radius 1 is 0.913 bits per heavy atom. The molecule has 0 aromatic rings.